The fourth-order valence-corrected chi connectivity index (χ4v) is 33.9. The van der Waals surface area contributed by atoms with E-state index < -0.39 is 26.5 Å². The van der Waals surface area contributed by atoms with Crippen molar-refractivity contribution < 1.29 is 8.83 Å². The number of benzene rings is 11. The second kappa shape index (κ2) is 17.9. The normalized spacial score (nSPS) is 13.9. The standard InChI is InChI=1S/C68H46Ge2N4O2/c1-5-21-49(22-6-1)69(50-23-7-2-8-24-50)55-29-13-17-33-61(55)73(62-34-18-14-30-56(62)69)53-41-37-47(38-42-53)67-71-59-45-66-60(46-65(59)75-67)72-68(76-66)48-39-43-54(44-40-48)74-63-35-19-15-31-57(63)70(51-25-9-3-10-26-51,52-27-11-4-12-28-52)58-32-16-20-36-64(58)74/h1-46H. The van der Waals surface area contributed by atoms with Crippen LogP contribution in [0.5, 0.6) is 0 Å². The zero-order valence-electron chi connectivity index (χ0n) is 41.2. The molecule has 0 spiro atoms. The summed E-state index contributed by atoms with van der Waals surface area (Å²) < 4.78 is 24.3. The third-order valence-corrected chi connectivity index (χ3v) is 36.1. The van der Waals surface area contributed by atoms with Crippen molar-refractivity contribution in [2.75, 3.05) is 9.80 Å². The van der Waals surface area contributed by atoms with Gasteiger partial charge < -0.3 is 0 Å². The van der Waals surface area contributed by atoms with E-state index in [0.29, 0.717) is 34.0 Å². The molecule has 15 rings (SSSR count). The van der Waals surface area contributed by atoms with Crippen molar-refractivity contribution in [3.8, 4) is 22.9 Å². The van der Waals surface area contributed by atoms with Crippen molar-refractivity contribution in [1.29, 1.82) is 0 Å². The number of aromatic nitrogens is 2. The van der Waals surface area contributed by atoms with Crippen molar-refractivity contribution in [2.45, 2.75) is 0 Å². The number of anilines is 6. The zero-order chi connectivity index (χ0) is 50.2. The first-order chi connectivity index (χ1) is 37.7. The van der Waals surface area contributed by atoms with Crippen LogP contribution < -0.4 is 45.0 Å². The van der Waals surface area contributed by atoms with Crippen molar-refractivity contribution in [3.63, 3.8) is 0 Å². The van der Waals surface area contributed by atoms with E-state index in [-0.39, 0.29) is 0 Å². The maximum atomic E-state index is 6.51. The van der Waals surface area contributed by atoms with Crippen molar-refractivity contribution in [2.24, 2.45) is 0 Å². The Labute approximate surface area is 445 Å². The SMILES string of the molecule is c1cc[c]([Ge]2([c]3ccccc3)[c]3ccccc3N(c3ccc(-c4nc5cc6oc(-c7ccc(N8c9cccc[c]9[Ge]([c]9ccccc9)([c]9ccccc9)[c]9ccccc98)cc7)nc6cc5o4)cc3)c3cccc[c]32)cc1. The Balaban J connectivity index is 0.743. The van der Waals surface area contributed by atoms with E-state index in [2.05, 4.69) is 277 Å². The summed E-state index contributed by atoms with van der Waals surface area (Å²) in [4.78, 5) is 14.9. The van der Waals surface area contributed by atoms with Gasteiger partial charge in [-0.2, -0.15) is 0 Å². The number of hydrogen-bond acceptors (Lipinski definition) is 6. The van der Waals surface area contributed by atoms with Crippen LogP contribution in [0.1, 0.15) is 0 Å². The first-order valence-corrected chi connectivity index (χ1v) is 34.2. The Bertz CT molecular complexity index is 3790. The van der Waals surface area contributed by atoms with Crippen molar-refractivity contribution >= 4 is 118 Å². The number of rotatable bonds is 8. The third-order valence-electron chi connectivity index (χ3n) is 15.7. The predicted octanol–water partition coefficient (Wildman–Crippen LogP) is 11.6. The number of para-hydroxylation sites is 4. The predicted molar refractivity (Wildman–Crippen MR) is 316 cm³/mol. The van der Waals surface area contributed by atoms with E-state index in [1.807, 2.05) is 12.1 Å². The summed E-state index contributed by atoms with van der Waals surface area (Å²) in [6, 6.07) is 102. The van der Waals surface area contributed by atoms with Gasteiger partial charge in [0.25, 0.3) is 0 Å². The minimum absolute atomic E-state index is 0.542. The van der Waals surface area contributed by atoms with Crippen LogP contribution in [0.25, 0.3) is 45.1 Å². The Hall–Kier alpha value is -8.95. The van der Waals surface area contributed by atoms with E-state index in [4.69, 9.17) is 18.8 Å². The molecule has 0 N–H and O–H groups in total. The summed E-state index contributed by atoms with van der Waals surface area (Å²) in [5, 5.41) is 0. The number of fused-ring (bicyclic) bond motifs is 6. The zero-order valence-corrected chi connectivity index (χ0v) is 45.4. The summed E-state index contributed by atoms with van der Waals surface area (Å²) in [5.74, 6) is 1.08. The molecule has 76 heavy (non-hydrogen) atoms. The molecule has 2 aromatic heterocycles. The van der Waals surface area contributed by atoms with Gasteiger partial charge in [-0.25, -0.2) is 0 Å². The van der Waals surface area contributed by atoms with Crippen LogP contribution in [0, 0.1) is 0 Å². The summed E-state index contributed by atoms with van der Waals surface area (Å²) in [6.45, 7) is 0. The van der Waals surface area contributed by atoms with Gasteiger partial charge in [0.15, 0.2) is 0 Å². The Morgan fingerprint density at radius 3 is 0.829 bits per heavy atom. The minimum atomic E-state index is -3.47. The van der Waals surface area contributed by atoms with Gasteiger partial charge in [0, 0.05) is 0 Å². The molecule has 8 heteroatoms. The fraction of sp³-hybridized carbons (Fsp3) is 0. The topological polar surface area (TPSA) is 58.5 Å². The van der Waals surface area contributed by atoms with E-state index in [0.717, 1.165) is 22.5 Å². The molecule has 2 aliphatic heterocycles. The molecule has 13 aromatic rings. The average molecular weight is 1100 g/mol. The van der Waals surface area contributed by atoms with E-state index in [1.165, 1.54) is 57.9 Å². The molecule has 0 bridgehead atoms. The molecule has 0 unspecified atom stereocenters. The molecule has 0 saturated heterocycles. The maximum absolute atomic E-state index is 6.51. The van der Waals surface area contributed by atoms with Gasteiger partial charge in [-0.3, -0.25) is 0 Å². The number of hydrogen-bond donors (Lipinski definition) is 0. The summed E-state index contributed by atoms with van der Waals surface area (Å²) in [5.41, 5.74) is 11.5. The van der Waals surface area contributed by atoms with E-state index in [9.17, 15) is 0 Å². The van der Waals surface area contributed by atoms with Crippen LogP contribution in [0.15, 0.2) is 288 Å². The third kappa shape index (κ3) is 6.73. The molecule has 6 nitrogen and oxygen atoms in total. The molecule has 0 fully saturated rings. The molecule has 0 amide bonds. The van der Waals surface area contributed by atoms with Crippen LogP contribution in [-0.2, 0) is 0 Å². The molecule has 11 aromatic carbocycles. The van der Waals surface area contributed by atoms with Crippen molar-refractivity contribution in [1.82, 2.24) is 9.97 Å². The molecule has 0 saturated carbocycles. The second-order valence-corrected chi connectivity index (χ2v) is 35.3. The monoisotopic (exact) mass is 1100 g/mol. The summed E-state index contributed by atoms with van der Waals surface area (Å²) in [7, 11) is 0. The number of nitrogens with zero attached hydrogens (tertiary/aromatic N) is 4. The quantitative estimate of drug-likeness (QED) is 0.141. The van der Waals surface area contributed by atoms with Gasteiger partial charge in [0.2, 0.25) is 0 Å². The average Bonchev–Trinajstić information content (AvgIpc) is 4.15. The summed E-state index contributed by atoms with van der Waals surface area (Å²) >= 11 is -6.93. The van der Waals surface area contributed by atoms with Crippen LogP contribution in [0.3, 0.4) is 0 Å². The Morgan fingerprint density at radius 1 is 0.276 bits per heavy atom. The van der Waals surface area contributed by atoms with Crippen LogP contribution >= 0.6 is 0 Å². The fourth-order valence-electron chi connectivity index (χ4n) is 12.5. The molecule has 0 radical (unpaired) electrons. The number of oxazole rings is 2. The Morgan fingerprint density at radius 2 is 0.539 bits per heavy atom. The van der Waals surface area contributed by atoms with Crippen LogP contribution in [-0.4, -0.2) is 36.5 Å². The molecule has 2 aliphatic rings. The molecule has 0 aliphatic carbocycles. The first kappa shape index (κ1) is 44.5. The van der Waals surface area contributed by atoms with E-state index in [1.54, 1.807) is 0 Å². The molecule has 358 valence electrons. The first-order valence-electron chi connectivity index (χ1n) is 25.8. The molecule has 0 atom stereocenters. The molecular weight excluding hydrogens is 1050 g/mol. The van der Waals surface area contributed by atoms with Gasteiger partial charge in [-0.15, -0.1) is 0 Å². The molecular formula is C68H46Ge2N4O2. The van der Waals surface area contributed by atoms with Crippen LogP contribution in [0.2, 0.25) is 0 Å². The van der Waals surface area contributed by atoms with E-state index >= 15 is 0 Å². The molecule has 4 heterocycles. The van der Waals surface area contributed by atoms with Gasteiger partial charge in [-0.05, 0) is 0 Å². The Kier molecular flexibility index (Phi) is 10.5. The summed E-state index contributed by atoms with van der Waals surface area (Å²) in [6.07, 6.45) is 0. The van der Waals surface area contributed by atoms with Gasteiger partial charge >= 0.3 is 449 Å². The van der Waals surface area contributed by atoms with Gasteiger partial charge in [-0.1, -0.05) is 0 Å². The van der Waals surface area contributed by atoms with Gasteiger partial charge in [0.1, 0.15) is 0 Å². The van der Waals surface area contributed by atoms with Gasteiger partial charge in [0.05, 0.1) is 0 Å². The van der Waals surface area contributed by atoms with Crippen molar-refractivity contribution in [3.05, 3.63) is 279 Å². The second-order valence-electron chi connectivity index (χ2n) is 19.6. The van der Waals surface area contributed by atoms with Crippen LogP contribution in [0.4, 0.5) is 34.1 Å².